The maximum absolute atomic E-state index is 9.11. The van der Waals surface area contributed by atoms with Gasteiger partial charge in [0.1, 0.15) is 18.2 Å². The first-order valence-electron chi connectivity index (χ1n) is 14.7. The second-order valence-corrected chi connectivity index (χ2v) is 11.7. The van der Waals surface area contributed by atoms with Crippen LogP contribution in [0.1, 0.15) is 62.4 Å². The van der Waals surface area contributed by atoms with Gasteiger partial charge in [-0.1, -0.05) is 77.1 Å². The van der Waals surface area contributed by atoms with Crippen LogP contribution in [-0.2, 0) is 25.2 Å². The molecule has 5 aromatic rings. The minimum absolute atomic E-state index is 0.391. The molecule has 1 aliphatic rings. The van der Waals surface area contributed by atoms with Gasteiger partial charge in [-0.15, -0.1) is 0 Å². The number of fused-ring (bicyclic) bond motifs is 4. The average Bonchev–Trinajstić information content (AvgIpc) is 3.30. The molecule has 2 heteroatoms. The second-order valence-electron chi connectivity index (χ2n) is 11.7. The molecule has 0 atom stereocenters. The summed E-state index contributed by atoms with van der Waals surface area (Å²) in [6.07, 6.45) is -1.64. The minimum Gasteiger partial charge on any atom is -0.454 e. The van der Waals surface area contributed by atoms with Crippen molar-refractivity contribution < 1.29 is 14.5 Å². The van der Waals surface area contributed by atoms with Gasteiger partial charge in [-0.3, -0.25) is 0 Å². The predicted octanol–water partition coefficient (Wildman–Crippen LogP) is 8.48. The lowest BCUT2D eigenvalue weighted by molar-refractivity contribution is -0.660. The van der Waals surface area contributed by atoms with Crippen molar-refractivity contribution >= 4 is 21.9 Å². The zero-order valence-corrected chi connectivity index (χ0v) is 22.2. The van der Waals surface area contributed by atoms with Gasteiger partial charge in [0.15, 0.2) is 6.20 Å². The first-order chi connectivity index (χ1) is 18.6. The highest BCUT2D eigenvalue weighted by Gasteiger charge is 2.33. The van der Waals surface area contributed by atoms with E-state index in [1.165, 1.54) is 0 Å². The third-order valence-corrected chi connectivity index (χ3v) is 7.33. The summed E-state index contributed by atoms with van der Waals surface area (Å²) in [6, 6.07) is 20.4. The number of rotatable bonds is 2. The molecule has 0 radical (unpaired) electrons. The van der Waals surface area contributed by atoms with Crippen molar-refractivity contribution in [3.63, 3.8) is 0 Å². The normalized spacial score (nSPS) is 19.5. The van der Waals surface area contributed by atoms with Crippen LogP contribution >= 0.6 is 0 Å². The van der Waals surface area contributed by atoms with E-state index in [2.05, 4.69) is 62.6 Å². The van der Waals surface area contributed by atoms with E-state index < -0.39 is 23.6 Å². The van der Waals surface area contributed by atoms with Crippen LogP contribution in [0.3, 0.4) is 0 Å². The molecule has 2 nitrogen and oxygen atoms in total. The monoisotopic (exact) mass is 478 g/mol. The Kier molecular flexibility index (Phi) is 4.08. The summed E-state index contributed by atoms with van der Waals surface area (Å²) in [5.41, 5.74) is 6.68. The third kappa shape index (κ3) is 3.58. The van der Waals surface area contributed by atoms with Gasteiger partial charge in [0.25, 0.3) is 0 Å². The van der Waals surface area contributed by atoms with E-state index >= 15 is 0 Å². The van der Waals surface area contributed by atoms with Gasteiger partial charge in [-0.25, -0.2) is 4.57 Å². The van der Waals surface area contributed by atoms with Gasteiger partial charge < -0.3 is 4.42 Å². The number of benzene rings is 3. The molecule has 182 valence electrons. The Morgan fingerprint density at radius 1 is 0.917 bits per heavy atom. The molecule has 2 aromatic heterocycles. The molecule has 6 rings (SSSR count). The lowest BCUT2D eigenvalue weighted by atomic mass is 9.80. The molecular formula is C34H36NO+. The maximum atomic E-state index is 9.11. The molecule has 0 spiro atoms. The fourth-order valence-corrected chi connectivity index (χ4v) is 5.59. The lowest BCUT2D eigenvalue weighted by Gasteiger charge is -2.25. The minimum atomic E-state index is -1.85. The Morgan fingerprint density at radius 2 is 1.69 bits per heavy atom. The first-order valence-corrected chi connectivity index (χ1v) is 12.7. The number of hydrogen-bond acceptors (Lipinski definition) is 1. The third-order valence-electron chi connectivity index (χ3n) is 7.33. The number of para-hydroxylation sites is 1. The predicted molar refractivity (Wildman–Crippen MR) is 150 cm³/mol. The van der Waals surface area contributed by atoms with Crippen LogP contribution in [0.15, 0.2) is 71.3 Å². The van der Waals surface area contributed by atoms with Gasteiger partial charge in [0.05, 0.1) is 5.56 Å². The quantitative estimate of drug-likeness (QED) is 0.233. The number of furan rings is 1. The summed E-state index contributed by atoms with van der Waals surface area (Å²) >= 11 is 0. The van der Waals surface area contributed by atoms with E-state index in [4.69, 9.17) is 9.90 Å². The Balaban J connectivity index is 1.69. The van der Waals surface area contributed by atoms with Gasteiger partial charge in [0, 0.05) is 34.0 Å². The van der Waals surface area contributed by atoms with Crippen LogP contribution in [-0.4, -0.2) is 0 Å². The Morgan fingerprint density at radius 3 is 2.44 bits per heavy atom. The second kappa shape index (κ2) is 7.80. The van der Waals surface area contributed by atoms with Crippen molar-refractivity contribution in [2.45, 2.75) is 59.7 Å². The molecule has 2 heterocycles. The van der Waals surface area contributed by atoms with Crippen LogP contribution in [0.5, 0.6) is 0 Å². The van der Waals surface area contributed by atoms with Gasteiger partial charge in [0.2, 0.25) is 5.69 Å². The summed E-state index contributed by atoms with van der Waals surface area (Å²) < 4.78 is 45.2. The smallest absolute Gasteiger partial charge is 0.216 e. The Labute approximate surface area is 220 Å². The van der Waals surface area contributed by atoms with Crippen molar-refractivity contribution in [1.29, 1.82) is 0 Å². The number of aromatic nitrogens is 1. The number of nitrogens with zero attached hydrogens (tertiary/aromatic N) is 1. The SMILES string of the molecule is [2H]C1([2H])c2cc(-c3cccc4c3oc3c(-c5cccc[n+]5C)c(C)ccc34)cc(C(C)(C)C)c2C([2H])([2H])C1(C)C. The van der Waals surface area contributed by atoms with Crippen molar-refractivity contribution in [3.05, 3.63) is 89.1 Å². The van der Waals surface area contributed by atoms with Crippen LogP contribution < -0.4 is 4.57 Å². The fraction of sp³-hybridized carbons (Fsp3) is 0.324. The summed E-state index contributed by atoms with van der Waals surface area (Å²) in [5.74, 6) is 0. The number of pyridine rings is 1. The first kappa shape index (κ1) is 18.8. The van der Waals surface area contributed by atoms with Gasteiger partial charge >= 0.3 is 0 Å². The number of aryl methyl sites for hydroxylation is 2. The molecule has 3 aromatic carbocycles. The van der Waals surface area contributed by atoms with E-state index in [0.29, 0.717) is 11.1 Å². The van der Waals surface area contributed by atoms with Crippen molar-refractivity contribution in [2.75, 3.05) is 0 Å². The van der Waals surface area contributed by atoms with Crippen LogP contribution in [0.4, 0.5) is 0 Å². The molecule has 0 bridgehead atoms. The van der Waals surface area contributed by atoms with Gasteiger partial charge in [-0.2, -0.15) is 0 Å². The van der Waals surface area contributed by atoms with Crippen molar-refractivity contribution in [1.82, 2.24) is 0 Å². The molecule has 0 aliphatic heterocycles. The fourth-order valence-electron chi connectivity index (χ4n) is 5.59. The van der Waals surface area contributed by atoms with E-state index in [1.807, 2.05) is 43.6 Å². The molecule has 0 unspecified atom stereocenters. The molecule has 0 amide bonds. The molecule has 0 saturated heterocycles. The summed E-state index contributed by atoms with van der Waals surface area (Å²) in [5, 5.41) is 2.04. The standard InChI is InChI=1S/C34H36NO/c1-21-14-15-26-25-12-10-11-24(31(25)36-32(26)30(21)29-13-8-9-16-35(29)7)22-17-23-19-34(5,6)20-27(23)28(18-22)33(2,3)4/h8-18H,19-20H2,1-7H3/q+1/i19D2,20D2. The van der Waals surface area contributed by atoms with Gasteiger partial charge in [-0.05, 0) is 64.4 Å². The topological polar surface area (TPSA) is 17.0 Å². The van der Waals surface area contributed by atoms with Crippen molar-refractivity contribution in [2.24, 2.45) is 12.5 Å². The zero-order chi connectivity index (χ0) is 29.0. The maximum Gasteiger partial charge on any atom is 0.216 e. The zero-order valence-electron chi connectivity index (χ0n) is 26.2. The summed E-state index contributed by atoms with van der Waals surface area (Å²) in [4.78, 5) is 0. The highest BCUT2D eigenvalue weighted by Crippen LogP contribution is 2.46. The van der Waals surface area contributed by atoms with Crippen molar-refractivity contribution in [3.8, 4) is 22.4 Å². The van der Waals surface area contributed by atoms with E-state index in [9.17, 15) is 0 Å². The highest BCUT2D eigenvalue weighted by atomic mass is 16.3. The Bertz CT molecular complexity index is 1840. The summed E-state index contributed by atoms with van der Waals surface area (Å²) in [6.45, 7) is 11.7. The molecule has 0 N–H and O–H groups in total. The molecule has 0 fully saturated rings. The lowest BCUT2D eigenvalue weighted by Crippen LogP contribution is -2.30. The van der Waals surface area contributed by atoms with Crippen LogP contribution in [0.25, 0.3) is 44.3 Å². The van der Waals surface area contributed by atoms with Crippen LogP contribution in [0.2, 0.25) is 0 Å². The van der Waals surface area contributed by atoms with Crippen LogP contribution in [0, 0.1) is 12.3 Å². The average molecular weight is 479 g/mol. The van der Waals surface area contributed by atoms with E-state index in [-0.39, 0.29) is 0 Å². The molecule has 0 saturated carbocycles. The largest absolute Gasteiger partial charge is 0.454 e. The summed E-state index contributed by atoms with van der Waals surface area (Å²) in [7, 11) is 2.04. The highest BCUT2D eigenvalue weighted by molar-refractivity contribution is 6.13. The Hall–Kier alpha value is -3.39. The molecule has 1 aliphatic carbocycles. The number of hydrogen-bond donors (Lipinski definition) is 0. The van der Waals surface area contributed by atoms with E-state index in [0.717, 1.165) is 55.4 Å². The molecular weight excluding hydrogens is 438 g/mol. The van der Waals surface area contributed by atoms with E-state index in [1.54, 1.807) is 13.8 Å². The molecule has 36 heavy (non-hydrogen) atoms.